The highest BCUT2D eigenvalue weighted by atomic mass is 32.2. The average molecular weight is 649 g/mol. The Kier molecular flexibility index (Phi) is 12.5. The summed E-state index contributed by atoms with van der Waals surface area (Å²) in [6, 6.07) is 10.9. The molecule has 9 heteroatoms. The molecule has 0 saturated heterocycles. The molecule has 45 heavy (non-hydrogen) atoms. The summed E-state index contributed by atoms with van der Waals surface area (Å²) in [6.45, 7) is 11.3. The highest BCUT2D eigenvalue weighted by Crippen LogP contribution is 2.42. The zero-order valence-corrected chi connectivity index (χ0v) is 29.2. The van der Waals surface area contributed by atoms with Crippen LogP contribution in [0.1, 0.15) is 95.5 Å². The lowest BCUT2D eigenvalue weighted by Gasteiger charge is -2.26. The van der Waals surface area contributed by atoms with Gasteiger partial charge in [0.1, 0.15) is 12.1 Å². The number of carbonyl (C=O) groups is 2. The number of nitrogens with two attached hydrogens (primary N) is 1. The maximum absolute atomic E-state index is 12.0. The number of fused-ring (bicyclic) bond motifs is 1. The number of thiazole rings is 1. The number of ketones is 1. The number of aldehydes is 1. The van der Waals surface area contributed by atoms with Crippen LogP contribution in [0.3, 0.4) is 0 Å². The second-order valence-electron chi connectivity index (χ2n) is 12.7. The highest BCUT2D eigenvalue weighted by Gasteiger charge is 2.28. The van der Waals surface area contributed by atoms with Crippen molar-refractivity contribution < 1.29 is 14.3 Å². The number of carbonyl (C=O) groups excluding carboxylic acids is 2. The Hall–Kier alpha value is -2.85. The first-order valence-corrected chi connectivity index (χ1v) is 17.8. The van der Waals surface area contributed by atoms with Crippen LogP contribution >= 0.6 is 23.3 Å². The van der Waals surface area contributed by atoms with Crippen LogP contribution < -0.4 is 5.14 Å². The Morgan fingerprint density at radius 3 is 2.71 bits per heavy atom. The van der Waals surface area contributed by atoms with Gasteiger partial charge in [0, 0.05) is 53.7 Å². The van der Waals surface area contributed by atoms with Crippen LogP contribution in [0.5, 0.6) is 0 Å². The molecule has 0 aliphatic carbocycles. The third-order valence-electron chi connectivity index (χ3n) is 8.68. The molecule has 1 aromatic carbocycles. The third-order valence-corrected chi connectivity index (χ3v) is 10.3. The number of aryl methyl sites for hydroxylation is 2. The van der Waals surface area contributed by atoms with Crippen LogP contribution in [0.25, 0.3) is 33.4 Å². The maximum Gasteiger partial charge on any atom is 0.134 e. The van der Waals surface area contributed by atoms with E-state index in [0.717, 1.165) is 97.2 Å². The SMILES string of the molecule is CCn1c(-c2cccnc2C(C)OC)c(CC(C)(C)CCC(C)=O)c2cc(-c3csc(CCCCCC(C=O)SN)n3)ccc21. The van der Waals surface area contributed by atoms with Gasteiger partial charge in [-0.15, -0.1) is 11.3 Å². The molecule has 4 rings (SSSR count). The van der Waals surface area contributed by atoms with Crippen LogP contribution in [0.2, 0.25) is 0 Å². The summed E-state index contributed by atoms with van der Waals surface area (Å²) in [5, 5.41) is 9.99. The van der Waals surface area contributed by atoms with Gasteiger partial charge in [0.25, 0.3) is 0 Å². The van der Waals surface area contributed by atoms with Crippen LogP contribution in [0.4, 0.5) is 0 Å². The lowest BCUT2D eigenvalue weighted by atomic mass is 9.79. The van der Waals surface area contributed by atoms with E-state index in [2.05, 4.69) is 55.0 Å². The zero-order valence-electron chi connectivity index (χ0n) is 27.6. The van der Waals surface area contributed by atoms with Crippen LogP contribution in [0.15, 0.2) is 41.9 Å². The molecule has 0 bridgehead atoms. The molecule has 4 aromatic rings. The summed E-state index contributed by atoms with van der Waals surface area (Å²) < 4.78 is 8.16. The minimum absolute atomic E-state index is 0.0824. The Morgan fingerprint density at radius 2 is 2.02 bits per heavy atom. The third kappa shape index (κ3) is 8.70. The Morgan fingerprint density at radius 1 is 1.22 bits per heavy atom. The van der Waals surface area contributed by atoms with Crippen molar-refractivity contribution in [1.82, 2.24) is 14.5 Å². The largest absolute Gasteiger partial charge is 0.375 e. The van der Waals surface area contributed by atoms with Gasteiger partial charge in [-0.05, 0) is 88.1 Å². The van der Waals surface area contributed by atoms with Crippen molar-refractivity contribution >= 4 is 46.3 Å². The predicted molar refractivity (Wildman–Crippen MR) is 189 cm³/mol. The first-order valence-electron chi connectivity index (χ1n) is 16.0. The minimum atomic E-state index is -0.155. The maximum atomic E-state index is 12.0. The number of unbranched alkanes of at least 4 members (excludes halogenated alkanes) is 2. The highest BCUT2D eigenvalue weighted by molar-refractivity contribution is 7.98. The first kappa shape index (κ1) is 35.0. The molecule has 2 unspecified atom stereocenters. The molecule has 2 atom stereocenters. The van der Waals surface area contributed by atoms with Gasteiger partial charge in [0.05, 0.1) is 33.4 Å². The van der Waals surface area contributed by atoms with Gasteiger partial charge in [0.2, 0.25) is 0 Å². The van der Waals surface area contributed by atoms with E-state index in [9.17, 15) is 9.59 Å². The fraction of sp³-hybridized carbons (Fsp3) is 0.500. The van der Waals surface area contributed by atoms with Crippen molar-refractivity contribution in [2.45, 2.75) is 104 Å². The van der Waals surface area contributed by atoms with E-state index in [1.165, 1.54) is 22.2 Å². The number of nitrogens with zero attached hydrogens (tertiary/aromatic N) is 3. The van der Waals surface area contributed by atoms with Crippen LogP contribution in [0, 0.1) is 5.41 Å². The summed E-state index contributed by atoms with van der Waals surface area (Å²) >= 11 is 2.85. The summed E-state index contributed by atoms with van der Waals surface area (Å²) in [5.74, 6) is 0.226. The number of Topliss-reactive ketones (excluding diaryl/α,β-unsaturated/α-hetero) is 1. The van der Waals surface area contributed by atoms with E-state index in [-0.39, 0.29) is 22.6 Å². The van der Waals surface area contributed by atoms with Gasteiger partial charge in [-0.25, -0.2) is 4.98 Å². The molecule has 0 radical (unpaired) electrons. The number of ether oxygens (including phenoxy) is 1. The van der Waals surface area contributed by atoms with Gasteiger partial charge in [0.15, 0.2) is 0 Å². The van der Waals surface area contributed by atoms with Gasteiger partial charge < -0.3 is 18.9 Å². The van der Waals surface area contributed by atoms with E-state index < -0.39 is 0 Å². The summed E-state index contributed by atoms with van der Waals surface area (Å²) in [4.78, 5) is 32.8. The monoisotopic (exact) mass is 648 g/mol. The van der Waals surface area contributed by atoms with Gasteiger partial charge in [-0.2, -0.15) is 0 Å². The number of hydrogen-bond acceptors (Lipinski definition) is 8. The summed E-state index contributed by atoms with van der Waals surface area (Å²) in [5.41, 5.74) is 7.68. The molecule has 0 saturated carbocycles. The number of aromatic nitrogens is 3. The van der Waals surface area contributed by atoms with Gasteiger partial charge in [-0.1, -0.05) is 44.7 Å². The fourth-order valence-electron chi connectivity index (χ4n) is 6.06. The predicted octanol–water partition coefficient (Wildman–Crippen LogP) is 8.77. The number of benzene rings is 1. The molecule has 0 spiro atoms. The molecule has 7 nitrogen and oxygen atoms in total. The van der Waals surface area contributed by atoms with Gasteiger partial charge >= 0.3 is 0 Å². The summed E-state index contributed by atoms with van der Waals surface area (Å²) in [7, 11) is 1.72. The molecule has 242 valence electrons. The Bertz CT molecular complexity index is 1590. The molecule has 3 aromatic heterocycles. The van der Waals surface area contributed by atoms with Crippen molar-refractivity contribution in [3.8, 4) is 22.5 Å². The van der Waals surface area contributed by atoms with Crippen molar-refractivity contribution in [1.29, 1.82) is 0 Å². The lowest BCUT2D eigenvalue weighted by Crippen LogP contribution is -2.17. The standard InChI is InChI=1S/C36H48N4O3S2/c1-7-40-32-16-15-26(31-23-44-33(39-31)14-10-8-9-12-27(22-41)45-37)20-29(32)30(21-36(4,5)18-17-24(2)42)35(40)28-13-11-19-38-34(28)25(3)43-6/h11,13,15-16,19-20,22-23,25,27H,7-10,12,14,17-18,21,37H2,1-6H3. The normalized spacial score (nSPS) is 13.3. The van der Waals surface area contributed by atoms with Crippen LogP contribution in [-0.4, -0.2) is 39.0 Å². The quantitative estimate of drug-likeness (QED) is 0.0654. The first-order chi connectivity index (χ1) is 21.6. The molecular formula is C36H48N4O3S2. The smallest absolute Gasteiger partial charge is 0.134 e. The molecule has 0 amide bonds. The van der Waals surface area contributed by atoms with E-state index in [1.807, 2.05) is 19.2 Å². The number of methoxy groups -OCH3 is 1. The summed E-state index contributed by atoms with van der Waals surface area (Å²) in [6.07, 6.45) is 9.70. The van der Waals surface area contributed by atoms with Crippen molar-refractivity contribution in [2.75, 3.05) is 7.11 Å². The van der Waals surface area contributed by atoms with Crippen LogP contribution in [-0.2, 0) is 33.7 Å². The van der Waals surface area contributed by atoms with Crippen molar-refractivity contribution in [3.05, 3.63) is 58.2 Å². The van der Waals surface area contributed by atoms with E-state index in [0.29, 0.717) is 6.42 Å². The number of rotatable bonds is 18. The van der Waals surface area contributed by atoms with E-state index >= 15 is 0 Å². The second-order valence-corrected chi connectivity index (χ2v) is 14.5. The average Bonchev–Trinajstić information content (AvgIpc) is 3.63. The number of pyridine rings is 1. The lowest BCUT2D eigenvalue weighted by molar-refractivity contribution is -0.117. The van der Waals surface area contributed by atoms with Crippen molar-refractivity contribution in [2.24, 2.45) is 10.6 Å². The van der Waals surface area contributed by atoms with Crippen molar-refractivity contribution in [3.63, 3.8) is 0 Å². The number of hydrogen-bond donors (Lipinski definition) is 1. The van der Waals surface area contributed by atoms with E-state index in [1.54, 1.807) is 25.4 Å². The van der Waals surface area contributed by atoms with Gasteiger partial charge in [-0.3, -0.25) is 10.1 Å². The fourth-order valence-corrected chi connectivity index (χ4v) is 7.28. The molecule has 0 aliphatic rings. The topological polar surface area (TPSA) is 100 Å². The second kappa shape index (κ2) is 16.1. The Labute approximate surface area is 276 Å². The molecular weight excluding hydrogens is 601 g/mol. The molecule has 0 fully saturated rings. The zero-order chi connectivity index (χ0) is 32.6. The molecule has 2 N–H and O–H groups in total. The molecule has 3 heterocycles. The van der Waals surface area contributed by atoms with E-state index in [4.69, 9.17) is 19.8 Å². The molecule has 0 aliphatic heterocycles. The Balaban J connectivity index is 1.73. The minimum Gasteiger partial charge on any atom is -0.375 e.